The number of carbonyl (C=O) groups is 1. The molecular weight excluding hydrogens is 188 g/mol. The number of aliphatic hydroxyl groups excluding tert-OH is 1. The van der Waals surface area contributed by atoms with Gasteiger partial charge in [-0.1, -0.05) is 26.0 Å². The van der Waals surface area contributed by atoms with Crippen molar-refractivity contribution in [2.24, 2.45) is 5.41 Å². The number of aliphatic hydroxyl groups is 1. The lowest BCUT2D eigenvalue weighted by atomic mass is 9.72. The van der Waals surface area contributed by atoms with Crippen LogP contribution in [0.5, 0.6) is 0 Å². The molecule has 0 spiro atoms. The molecule has 84 valence electrons. The van der Waals surface area contributed by atoms with E-state index < -0.39 is 0 Å². The molecule has 0 saturated heterocycles. The van der Waals surface area contributed by atoms with Gasteiger partial charge in [0.1, 0.15) is 5.78 Å². The largest absolute Gasteiger partial charge is 0.389 e. The average molecular weight is 208 g/mol. The Morgan fingerprint density at radius 3 is 2.73 bits per heavy atom. The average Bonchev–Trinajstić information content (AvgIpc) is 1.98. The molecule has 0 heterocycles. The molecule has 0 fully saturated rings. The molecule has 0 radical (unpaired) electrons. The molecule has 0 amide bonds. The summed E-state index contributed by atoms with van der Waals surface area (Å²) in [4.78, 5) is 11.0. The van der Waals surface area contributed by atoms with Gasteiger partial charge in [-0.3, -0.25) is 4.79 Å². The SMILES string of the molecule is CC(=O)CC=C1C(C)=C[C@@H](O)CC1(C)C. The van der Waals surface area contributed by atoms with E-state index >= 15 is 0 Å². The lowest BCUT2D eigenvalue weighted by Crippen LogP contribution is -2.27. The van der Waals surface area contributed by atoms with Gasteiger partial charge in [0.2, 0.25) is 0 Å². The Hall–Kier alpha value is -0.890. The van der Waals surface area contributed by atoms with Crippen molar-refractivity contribution in [3.05, 3.63) is 23.3 Å². The van der Waals surface area contributed by atoms with E-state index in [1.807, 2.05) is 19.1 Å². The van der Waals surface area contributed by atoms with Crippen LogP contribution < -0.4 is 0 Å². The summed E-state index contributed by atoms with van der Waals surface area (Å²) in [6.45, 7) is 7.81. The standard InChI is InChI=1S/C13H20O2/c1-9-7-11(15)8-13(3,4)12(9)6-5-10(2)14/h6-7,11,15H,5,8H2,1-4H3/t11-/m1/s1. The summed E-state index contributed by atoms with van der Waals surface area (Å²) in [5, 5.41) is 9.64. The first-order valence-corrected chi connectivity index (χ1v) is 5.40. The highest BCUT2D eigenvalue weighted by Crippen LogP contribution is 2.40. The third kappa shape index (κ3) is 3.03. The molecule has 0 saturated carbocycles. The van der Waals surface area contributed by atoms with Gasteiger partial charge in [0.05, 0.1) is 6.10 Å². The van der Waals surface area contributed by atoms with Crippen molar-refractivity contribution in [2.75, 3.05) is 0 Å². The molecule has 0 aromatic carbocycles. The molecule has 0 aliphatic heterocycles. The van der Waals surface area contributed by atoms with E-state index in [0.29, 0.717) is 6.42 Å². The first kappa shape index (κ1) is 12.2. The zero-order chi connectivity index (χ0) is 11.6. The number of hydrogen-bond acceptors (Lipinski definition) is 2. The molecule has 2 heteroatoms. The van der Waals surface area contributed by atoms with Crippen molar-refractivity contribution in [1.29, 1.82) is 0 Å². The Morgan fingerprint density at radius 1 is 1.67 bits per heavy atom. The second kappa shape index (κ2) is 4.31. The number of allylic oxidation sites excluding steroid dienone is 3. The van der Waals surface area contributed by atoms with Crippen LogP contribution in [0, 0.1) is 5.41 Å². The highest BCUT2D eigenvalue weighted by Gasteiger charge is 2.30. The van der Waals surface area contributed by atoms with Crippen LogP contribution in [-0.2, 0) is 4.79 Å². The van der Waals surface area contributed by atoms with Crippen molar-refractivity contribution < 1.29 is 9.90 Å². The fourth-order valence-electron chi connectivity index (χ4n) is 2.29. The van der Waals surface area contributed by atoms with Gasteiger partial charge in [-0.15, -0.1) is 0 Å². The van der Waals surface area contributed by atoms with Gasteiger partial charge >= 0.3 is 0 Å². The summed E-state index contributed by atoms with van der Waals surface area (Å²) >= 11 is 0. The Bertz CT molecular complexity index is 321. The molecule has 0 bridgehead atoms. The molecule has 1 aliphatic rings. The second-order valence-electron chi connectivity index (χ2n) is 5.03. The van der Waals surface area contributed by atoms with E-state index in [0.717, 1.165) is 12.0 Å². The minimum absolute atomic E-state index is 0.0340. The van der Waals surface area contributed by atoms with E-state index in [-0.39, 0.29) is 17.3 Å². The summed E-state index contributed by atoms with van der Waals surface area (Å²) in [7, 11) is 0. The van der Waals surface area contributed by atoms with Crippen molar-refractivity contribution in [3.8, 4) is 0 Å². The second-order valence-corrected chi connectivity index (χ2v) is 5.03. The first-order chi connectivity index (χ1) is 6.83. The number of rotatable bonds is 2. The number of hydrogen-bond donors (Lipinski definition) is 1. The number of Topliss-reactive ketones (excluding diaryl/α,β-unsaturated/α-hetero) is 1. The summed E-state index contributed by atoms with van der Waals surface area (Å²) in [5.41, 5.74) is 2.26. The molecule has 1 atom stereocenters. The molecule has 0 unspecified atom stereocenters. The minimum atomic E-state index is -0.352. The molecule has 2 nitrogen and oxygen atoms in total. The normalized spacial score (nSPS) is 27.7. The van der Waals surface area contributed by atoms with Gasteiger partial charge in [0, 0.05) is 6.42 Å². The highest BCUT2D eigenvalue weighted by molar-refractivity contribution is 5.77. The van der Waals surface area contributed by atoms with E-state index in [1.165, 1.54) is 5.57 Å². The lowest BCUT2D eigenvalue weighted by molar-refractivity contribution is -0.116. The maximum Gasteiger partial charge on any atom is 0.133 e. The molecule has 1 rings (SSSR count). The van der Waals surface area contributed by atoms with Crippen LogP contribution in [0.4, 0.5) is 0 Å². The zero-order valence-corrected chi connectivity index (χ0v) is 10.0. The molecular formula is C13H20O2. The highest BCUT2D eigenvalue weighted by atomic mass is 16.3. The van der Waals surface area contributed by atoms with Gasteiger partial charge in [-0.25, -0.2) is 0 Å². The zero-order valence-electron chi connectivity index (χ0n) is 10.0. The van der Waals surface area contributed by atoms with E-state index in [4.69, 9.17) is 0 Å². The summed E-state index contributed by atoms with van der Waals surface area (Å²) in [5.74, 6) is 0.178. The van der Waals surface area contributed by atoms with E-state index in [2.05, 4.69) is 13.8 Å². The maximum atomic E-state index is 11.0. The quantitative estimate of drug-likeness (QED) is 0.757. The van der Waals surface area contributed by atoms with Gasteiger partial charge in [0.15, 0.2) is 0 Å². The monoisotopic (exact) mass is 208 g/mol. The molecule has 0 aromatic heterocycles. The van der Waals surface area contributed by atoms with Gasteiger partial charge < -0.3 is 5.11 Å². The van der Waals surface area contributed by atoms with Crippen molar-refractivity contribution in [1.82, 2.24) is 0 Å². The lowest BCUT2D eigenvalue weighted by Gasteiger charge is -2.35. The first-order valence-electron chi connectivity index (χ1n) is 5.40. The Labute approximate surface area is 91.7 Å². The van der Waals surface area contributed by atoms with Crippen LogP contribution in [0.2, 0.25) is 0 Å². The van der Waals surface area contributed by atoms with Gasteiger partial charge in [-0.05, 0) is 36.8 Å². The van der Waals surface area contributed by atoms with Crippen LogP contribution in [0.1, 0.15) is 40.5 Å². The van der Waals surface area contributed by atoms with Crippen LogP contribution in [0.15, 0.2) is 23.3 Å². The van der Waals surface area contributed by atoms with Crippen molar-refractivity contribution in [3.63, 3.8) is 0 Å². The maximum absolute atomic E-state index is 11.0. The van der Waals surface area contributed by atoms with Crippen molar-refractivity contribution >= 4 is 5.78 Å². The predicted molar refractivity (Wildman–Crippen MR) is 61.5 cm³/mol. The molecule has 1 aliphatic carbocycles. The summed E-state index contributed by atoms with van der Waals surface area (Å²) < 4.78 is 0. The smallest absolute Gasteiger partial charge is 0.133 e. The van der Waals surface area contributed by atoms with E-state index in [9.17, 15) is 9.90 Å². The topological polar surface area (TPSA) is 37.3 Å². The third-order valence-corrected chi connectivity index (χ3v) is 2.91. The number of carbonyl (C=O) groups excluding carboxylic acids is 1. The third-order valence-electron chi connectivity index (χ3n) is 2.91. The van der Waals surface area contributed by atoms with Crippen LogP contribution in [-0.4, -0.2) is 17.0 Å². The fraction of sp³-hybridized carbons (Fsp3) is 0.615. The predicted octanol–water partition coefficient (Wildman–Crippen LogP) is 2.63. The van der Waals surface area contributed by atoms with Crippen LogP contribution in [0.3, 0.4) is 0 Å². The molecule has 1 N–H and O–H groups in total. The minimum Gasteiger partial charge on any atom is -0.389 e. The number of ketones is 1. The summed E-state index contributed by atoms with van der Waals surface area (Å²) in [6.07, 6.45) is 4.74. The van der Waals surface area contributed by atoms with Crippen LogP contribution in [0.25, 0.3) is 0 Å². The Balaban J connectivity index is 2.98. The summed E-state index contributed by atoms with van der Waals surface area (Å²) in [6, 6.07) is 0. The van der Waals surface area contributed by atoms with Crippen molar-refractivity contribution in [2.45, 2.75) is 46.6 Å². The van der Waals surface area contributed by atoms with E-state index in [1.54, 1.807) is 6.92 Å². The molecule has 0 aromatic rings. The molecule has 15 heavy (non-hydrogen) atoms. The van der Waals surface area contributed by atoms with Gasteiger partial charge in [-0.2, -0.15) is 0 Å². The fourth-order valence-corrected chi connectivity index (χ4v) is 2.29. The van der Waals surface area contributed by atoms with Gasteiger partial charge in [0.25, 0.3) is 0 Å². The Kier molecular flexibility index (Phi) is 3.50. The Morgan fingerprint density at radius 2 is 2.27 bits per heavy atom. The van der Waals surface area contributed by atoms with Crippen LogP contribution >= 0.6 is 0 Å².